The third-order valence-electron chi connectivity index (χ3n) is 4.28. The molecular formula is C19H17FO2. The summed E-state index contributed by atoms with van der Waals surface area (Å²) < 4.78 is 13.1. The van der Waals surface area contributed by atoms with Crippen molar-refractivity contribution in [2.45, 2.75) is 32.1 Å². The molecule has 0 amide bonds. The molecule has 3 heteroatoms. The van der Waals surface area contributed by atoms with Crippen LogP contribution in [0.15, 0.2) is 42.5 Å². The quantitative estimate of drug-likeness (QED) is 0.800. The van der Waals surface area contributed by atoms with Crippen LogP contribution in [0.3, 0.4) is 0 Å². The topological polar surface area (TPSA) is 34.1 Å². The Bertz CT molecular complexity index is 716. The van der Waals surface area contributed by atoms with E-state index in [4.69, 9.17) is 0 Å². The van der Waals surface area contributed by atoms with E-state index in [1.807, 2.05) is 25.1 Å². The molecule has 1 aliphatic rings. The molecule has 0 unspecified atom stereocenters. The molecule has 1 aliphatic carbocycles. The number of hydrogen-bond donors (Lipinski definition) is 0. The van der Waals surface area contributed by atoms with Crippen LogP contribution in [0, 0.1) is 5.82 Å². The highest BCUT2D eigenvalue weighted by atomic mass is 19.1. The van der Waals surface area contributed by atoms with Crippen molar-refractivity contribution < 1.29 is 14.0 Å². The molecule has 2 aromatic carbocycles. The first-order valence-corrected chi connectivity index (χ1v) is 7.54. The first kappa shape index (κ1) is 14.6. The Labute approximate surface area is 129 Å². The molecule has 0 spiro atoms. The van der Waals surface area contributed by atoms with Gasteiger partial charge in [-0.25, -0.2) is 4.39 Å². The van der Waals surface area contributed by atoms with Crippen LogP contribution >= 0.6 is 0 Å². The summed E-state index contributed by atoms with van der Waals surface area (Å²) in [6.07, 6.45) is 1.46. The van der Waals surface area contributed by atoms with Crippen LogP contribution in [0.5, 0.6) is 0 Å². The molecule has 1 saturated carbocycles. The van der Waals surface area contributed by atoms with Crippen LogP contribution in [0.1, 0.15) is 36.8 Å². The van der Waals surface area contributed by atoms with Crippen LogP contribution in [0.4, 0.5) is 4.39 Å². The minimum Gasteiger partial charge on any atom is -0.299 e. The van der Waals surface area contributed by atoms with Crippen molar-refractivity contribution in [3.05, 3.63) is 59.4 Å². The second kappa shape index (κ2) is 5.84. The fourth-order valence-electron chi connectivity index (χ4n) is 3.07. The van der Waals surface area contributed by atoms with Crippen molar-refractivity contribution in [1.82, 2.24) is 0 Å². The molecule has 0 heterocycles. The number of Topliss-reactive ketones (excluding diaryl/α,β-unsaturated/α-hetero) is 2. The molecule has 112 valence electrons. The number of hydrogen-bond acceptors (Lipinski definition) is 2. The predicted molar refractivity (Wildman–Crippen MR) is 83.2 cm³/mol. The van der Waals surface area contributed by atoms with Gasteiger partial charge in [0, 0.05) is 12.8 Å². The molecule has 0 N–H and O–H groups in total. The van der Waals surface area contributed by atoms with E-state index >= 15 is 0 Å². The lowest BCUT2D eigenvalue weighted by molar-refractivity contribution is -0.123. The van der Waals surface area contributed by atoms with Gasteiger partial charge >= 0.3 is 0 Å². The van der Waals surface area contributed by atoms with Crippen LogP contribution in [-0.4, -0.2) is 11.6 Å². The molecule has 1 fully saturated rings. The van der Waals surface area contributed by atoms with Gasteiger partial charge in [0.05, 0.1) is 0 Å². The highest BCUT2D eigenvalue weighted by Crippen LogP contribution is 2.33. The van der Waals surface area contributed by atoms with E-state index in [1.165, 1.54) is 12.1 Å². The normalized spacial score (nSPS) is 15.5. The summed E-state index contributed by atoms with van der Waals surface area (Å²) in [4.78, 5) is 24.2. The molecule has 3 rings (SSSR count). The van der Waals surface area contributed by atoms with Crippen LogP contribution in [0.2, 0.25) is 0 Å². The van der Waals surface area contributed by atoms with Gasteiger partial charge in [0.1, 0.15) is 23.3 Å². The van der Waals surface area contributed by atoms with E-state index < -0.39 is 5.92 Å². The number of rotatable bonds is 3. The van der Waals surface area contributed by atoms with Gasteiger partial charge in [0.2, 0.25) is 0 Å². The molecule has 0 aliphatic heterocycles. The summed E-state index contributed by atoms with van der Waals surface area (Å²) in [5.41, 5.74) is 3.62. The number of benzene rings is 2. The monoisotopic (exact) mass is 296 g/mol. The zero-order valence-electron chi connectivity index (χ0n) is 12.4. The van der Waals surface area contributed by atoms with Crippen LogP contribution in [-0.2, 0) is 16.0 Å². The third-order valence-corrected chi connectivity index (χ3v) is 4.28. The molecule has 22 heavy (non-hydrogen) atoms. The first-order chi connectivity index (χ1) is 10.6. The maximum atomic E-state index is 13.1. The second-order valence-corrected chi connectivity index (χ2v) is 5.64. The molecule has 0 aromatic heterocycles. The van der Waals surface area contributed by atoms with Gasteiger partial charge < -0.3 is 0 Å². The van der Waals surface area contributed by atoms with Gasteiger partial charge in [-0.1, -0.05) is 31.2 Å². The van der Waals surface area contributed by atoms with E-state index in [0.717, 1.165) is 28.7 Å². The summed E-state index contributed by atoms with van der Waals surface area (Å²) in [6.45, 7) is 2.01. The average Bonchev–Trinajstić information content (AvgIpc) is 2.86. The summed E-state index contributed by atoms with van der Waals surface area (Å²) >= 11 is 0. The maximum absolute atomic E-state index is 13.1. The molecule has 0 saturated heterocycles. The lowest BCUT2D eigenvalue weighted by Gasteiger charge is -2.15. The number of carbonyl (C=O) groups is 2. The van der Waals surface area contributed by atoms with Gasteiger partial charge in [-0.2, -0.15) is 0 Å². The molecular weight excluding hydrogens is 279 g/mol. The number of carbonyl (C=O) groups excluding carboxylic acids is 2. The zero-order valence-corrected chi connectivity index (χ0v) is 12.4. The highest BCUT2D eigenvalue weighted by molar-refractivity contribution is 6.13. The lowest BCUT2D eigenvalue weighted by Crippen LogP contribution is -2.14. The van der Waals surface area contributed by atoms with Gasteiger partial charge in [0.15, 0.2) is 0 Å². The Hall–Kier alpha value is -2.29. The Kier molecular flexibility index (Phi) is 3.88. The van der Waals surface area contributed by atoms with E-state index in [9.17, 15) is 14.0 Å². The van der Waals surface area contributed by atoms with Crippen molar-refractivity contribution in [2.24, 2.45) is 0 Å². The fraction of sp³-hybridized carbons (Fsp3) is 0.263. The van der Waals surface area contributed by atoms with E-state index in [0.29, 0.717) is 12.8 Å². The zero-order chi connectivity index (χ0) is 15.7. The van der Waals surface area contributed by atoms with Crippen LogP contribution in [0.25, 0.3) is 11.1 Å². The van der Waals surface area contributed by atoms with Gasteiger partial charge in [-0.15, -0.1) is 0 Å². The van der Waals surface area contributed by atoms with Crippen molar-refractivity contribution in [3.63, 3.8) is 0 Å². The Morgan fingerprint density at radius 2 is 1.55 bits per heavy atom. The highest BCUT2D eigenvalue weighted by Gasteiger charge is 2.35. The first-order valence-electron chi connectivity index (χ1n) is 7.54. The number of halogens is 1. The SMILES string of the molecule is CCc1ccc(-c2ccc(F)cc2)cc1C1C(=O)CCC1=O. The summed E-state index contributed by atoms with van der Waals surface area (Å²) in [5, 5.41) is 0. The molecule has 0 bridgehead atoms. The summed E-state index contributed by atoms with van der Waals surface area (Å²) in [7, 11) is 0. The molecule has 0 atom stereocenters. The summed E-state index contributed by atoms with van der Waals surface area (Å²) in [6, 6.07) is 12.1. The minimum atomic E-state index is -0.615. The maximum Gasteiger partial charge on any atom is 0.148 e. The van der Waals surface area contributed by atoms with Crippen molar-refractivity contribution in [1.29, 1.82) is 0 Å². The van der Waals surface area contributed by atoms with Gasteiger partial charge in [-0.05, 0) is 46.9 Å². The predicted octanol–water partition coefficient (Wildman–Crippen LogP) is 4.07. The van der Waals surface area contributed by atoms with Crippen molar-refractivity contribution in [3.8, 4) is 11.1 Å². The molecule has 0 radical (unpaired) electrons. The van der Waals surface area contributed by atoms with Crippen molar-refractivity contribution in [2.75, 3.05) is 0 Å². The largest absolute Gasteiger partial charge is 0.299 e. The van der Waals surface area contributed by atoms with Crippen molar-refractivity contribution >= 4 is 11.6 Å². The average molecular weight is 296 g/mol. The molecule has 2 nitrogen and oxygen atoms in total. The second-order valence-electron chi connectivity index (χ2n) is 5.64. The number of aryl methyl sites for hydroxylation is 1. The lowest BCUT2D eigenvalue weighted by atomic mass is 9.88. The van der Waals surface area contributed by atoms with Gasteiger partial charge in [-0.3, -0.25) is 9.59 Å². The fourth-order valence-corrected chi connectivity index (χ4v) is 3.07. The minimum absolute atomic E-state index is 0.0101. The van der Waals surface area contributed by atoms with E-state index in [2.05, 4.69) is 0 Å². The Morgan fingerprint density at radius 1 is 0.955 bits per heavy atom. The van der Waals surface area contributed by atoms with Gasteiger partial charge in [0.25, 0.3) is 0 Å². The standard InChI is InChI=1S/C19H17FO2/c1-2-12-3-4-14(13-5-7-15(20)8-6-13)11-16(12)19-17(21)9-10-18(19)22/h3-8,11,19H,2,9-10H2,1H3. The number of ketones is 2. The Morgan fingerprint density at radius 3 is 2.14 bits per heavy atom. The van der Waals surface area contributed by atoms with E-state index in [1.54, 1.807) is 12.1 Å². The third kappa shape index (κ3) is 2.59. The van der Waals surface area contributed by atoms with Crippen LogP contribution < -0.4 is 0 Å². The summed E-state index contributed by atoms with van der Waals surface area (Å²) in [5.74, 6) is -0.877. The smallest absolute Gasteiger partial charge is 0.148 e. The van der Waals surface area contributed by atoms with E-state index in [-0.39, 0.29) is 17.4 Å². The Balaban J connectivity index is 2.08. The molecule has 2 aromatic rings.